The molecule has 1 N–H and O–H groups in total. The van der Waals surface area contributed by atoms with Crippen molar-refractivity contribution in [2.45, 2.75) is 24.8 Å². The Morgan fingerprint density at radius 3 is 2.05 bits per heavy atom. The van der Waals surface area contributed by atoms with E-state index in [4.69, 9.17) is 0 Å². The van der Waals surface area contributed by atoms with Crippen molar-refractivity contribution in [1.29, 1.82) is 0 Å². The van der Waals surface area contributed by atoms with Gasteiger partial charge in [0.15, 0.2) is 9.84 Å². The summed E-state index contributed by atoms with van der Waals surface area (Å²) >= 11 is 0. The van der Waals surface area contributed by atoms with Gasteiger partial charge in [0.25, 0.3) is 0 Å². The van der Waals surface area contributed by atoms with E-state index in [0.717, 1.165) is 16.7 Å². The van der Waals surface area contributed by atoms with E-state index < -0.39 is 9.84 Å². The third-order valence-electron chi connectivity index (χ3n) is 3.33. The average molecular weight is 317 g/mol. The maximum atomic E-state index is 11.9. The van der Waals surface area contributed by atoms with Gasteiger partial charge in [-0.15, -0.1) is 0 Å². The van der Waals surface area contributed by atoms with Gasteiger partial charge in [0.2, 0.25) is 5.91 Å². The molecule has 0 atom stereocenters. The average Bonchev–Trinajstić information content (AvgIpc) is 2.47. The Labute approximate surface area is 131 Å². The van der Waals surface area contributed by atoms with Gasteiger partial charge >= 0.3 is 0 Å². The van der Waals surface area contributed by atoms with Crippen LogP contribution in [0.5, 0.6) is 0 Å². The highest BCUT2D eigenvalue weighted by atomic mass is 32.2. The predicted molar refractivity (Wildman–Crippen MR) is 86.3 cm³/mol. The molecular weight excluding hydrogens is 298 g/mol. The van der Waals surface area contributed by atoms with Crippen LogP contribution in [0.15, 0.2) is 53.4 Å². The third-order valence-corrected chi connectivity index (χ3v) is 4.45. The Hall–Kier alpha value is -2.14. The maximum Gasteiger partial charge on any atom is 0.224 e. The molecule has 0 aliphatic carbocycles. The van der Waals surface area contributed by atoms with Gasteiger partial charge in [0.1, 0.15) is 0 Å². The molecule has 0 spiro atoms. The zero-order chi connectivity index (χ0) is 16.2. The Morgan fingerprint density at radius 2 is 1.50 bits per heavy atom. The molecule has 0 bridgehead atoms. The standard InChI is InChI=1S/C17H19NO3S/c1-13-3-5-14(6-4-13)11-17(19)18-12-15-7-9-16(10-8-15)22(2,20)21/h3-10H,11-12H2,1-2H3,(H,18,19). The Bertz CT molecular complexity index is 747. The Morgan fingerprint density at radius 1 is 0.955 bits per heavy atom. The van der Waals surface area contributed by atoms with Crippen LogP contribution in [-0.2, 0) is 27.6 Å². The normalized spacial score (nSPS) is 11.2. The zero-order valence-electron chi connectivity index (χ0n) is 12.7. The highest BCUT2D eigenvalue weighted by Crippen LogP contribution is 2.10. The fourth-order valence-electron chi connectivity index (χ4n) is 2.01. The number of hydrogen-bond acceptors (Lipinski definition) is 3. The first-order chi connectivity index (χ1) is 10.3. The minimum Gasteiger partial charge on any atom is -0.352 e. The van der Waals surface area contributed by atoms with Crippen LogP contribution < -0.4 is 5.32 Å². The molecule has 2 aromatic carbocycles. The van der Waals surface area contributed by atoms with E-state index in [1.807, 2.05) is 31.2 Å². The first-order valence-electron chi connectivity index (χ1n) is 6.96. The molecule has 2 aromatic rings. The molecule has 0 radical (unpaired) electrons. The van der Waals surface area contributed by atoms with Gasteiger partial charge in [0, 0.05) is 12.8 Å². The molecule has 0 saturated heterocycles. The number of hydrogen-bond donors (Lipinski definition) is 1. The summed E-state index contributed by atoms with van der Waals surface area (Å²) in [5, 5.41) is 2.83. The van der Waals surface area contributed by atoms with Crippen LogP contribution in [0.4, 0.5) is 0 Å². The van der Waals surface area contributed by atoms with E-state index >= 15 is 0 Å². The summed E-state index contributed by atoms with van der Waals surface area (Å²) in [5.74, 6) is -0.0592. The minimum atomic E-state index is -3.18. The summed E-state index contributed by atoms with van der Waals surface area (Å²) in [6.07, 6.45) is 1.51. The number of benzene rings is 2. The lowest BCUT2D eigenvalue weighted by atomic mass is 10.1. The quantitative estimate of drug-likeness (QED) is 0.920. The molecule has 0 aliphatic rings. The van der Waals surface area contributed by atoms with E-state index in [-0.39, 0.29) is 10.8 Å². The van der Waals surface area contributed by atoms with Crippen molar-refractivity contribution >= 4 is 15.7 Å². The molecule has 0 heterocycles. The van der Waals surface area contributed by atoms with Crippen molar-refractivity contribution in [2.75, 3.05) is 6.26 Å². The minimum absolute atomic E-state index is 0.0592. The highest BCUT2D eigenvalue weighted by molar-refractivity contribution is 7.90. The molecule has 1 amide bonds. The number of aryl methyl sites for hydroxylation is 1. The molecule has 0 aliphatic heterocycles. The molecule has 0 saturated carbocycles. The van der Waals surface area contributed by atoms with Crippen LogP contribution in [0.3, 0.4) is 0 Å². The molecule has 2 rings (SSSR count). The van der Waals surface area contributed by atoms with E-state index in [2.05, 4.69) is 5.32 Å². The lowest BCUT2D eigenvalue weighted by molar-refractivity contribution is -0.120. The van der Waals surface area contributed by atoms with Crippen LogP contribution in [0, 0.1) is 6.92 Å². The Balaban J connectivity index is 1.89. The molecule has 0 aromatic heterocycles. The van der Waals surface area contributed by atoms with Crippen LogP contribution in [0.1, 0.15) is 16.7 Å². The predicted octanol–water partition coefficient (Wildman–Crippen LogP) is 2.26. The van der Waals surface area contributed by atoms with E-state index in [0.29, 0.717) is 13.0 Å². The van der Waals surface area contributed by atoms with Crippen molar-refractivity contribution < 1.29 is 13.2 Å². The Kier molecular flexibility index (Phi) is 4.98. The van der Waals surface area contributed by atoms with Crippen LogP contribution >= 0.6 is 0 Å². The van der Waals surface area contributed by atoms with Gasteiger partial charge in [-0.3, -0.25) is 4.79 Å². The second-order valence-electron chi connectivity index (χ2n) is 5.36. The number of carbonyl (C=O) groups is 1. The van der Waals surface area contributed by atoms with Crippen molar-refractivity contribution in [3.63, 3.8) is 0 Å². The highest BCUT2D eigenvalue weighted by Gasteiger charge is 2.07. The molecule has 0 fully saturated rings. The maximum absolute atomic E-state index is 11.9. The lowest BCUT2D eigenvalue weighted by Crippen LogP contribution is -2.24. The van der Waals surface area contributed by atoms with Gasteiger partial charge in [-0.2, -0.15) is 0 Å². The lowest BCUT2D eigenvalue weighted by Gasteiger charge is -2.06. The number of nitrogens with one attached hydrogen (secondary N) is 1. The number of sulfone groups is 1. The van der Waals surface area contributed by atoms with Crippen LogP contribution in [0.2, 0.25) is 0 Å². The van der Waals surface area contributed by atoms with Crippen molar-refractivity contribution in [3.8, 4) is 0 Å². The number of amides is 1. The molecule has 116 valence electrons. The smallest absolute Gasteiger partial charge is 0.224 e. The van der Waals surface area contributed by atoms with Gasteiger partial charge < -0.3 is 5.32 Å². The summed E-state index contributed by atoms with van der Waals surface area (Å²) in [4.78, 5) is 12.2. The van der Waals surface area contributed by atoms with Gasteiger partial charge in [0.05, 0.1) is 11.3 Å². The van der Waals surface area contributed by atoms with Crippen molar-refractivity contribution in [1.82, 2.24) is 5.32 Å². The van der Waals surface area contributed by atoms with Crippen LogP contribution in [-0.4, -0.2) is 20.6 Å². The third kappa shape index (κ3) is 4.70. The summed E-state index contributed by atoms with van der Waals surface area (Å²) in [6.45, 7) is 2.39. The van der Waals surface area contributed by atoms with Gasteiger partial charge in [-0.1, -0.05) is 42.0 Å². The summed E-state index contributed by atoms with van der Waals surface area (Å²) in [6, 6.07) is 14.4. The van der Waals surface area contributed by atoms with Crippen LogP contribution in [0.25, 0.3) is 0 Å². The largest absolute Gasteiger partial charge is 0.352 e. The van der Waals surface area contributed by atoms with E-state index in [1.165, 1.54) is 6.26 Å². The second-order valence-corrected chi connectivity index (χ2v) is 7.37. The first kappa shape index (κ1) is 16.2. The summed E-state index contributed by atoms with van der Waals surface area (Å²) in [7, 11) is -3.18. The SMILES string of the molecule is Cc1ccc(CC(=O)NCc2ccc(S(C)(=O)=O)cc2)cc1. The van der Waals surface area contributed by atoms with E-state index in [1.54, 1.807) is 24.3 Å². The number of rotatable bonds is 5. The second kappa shape index (κ2) is 6.75. The van der Waals surface area contributed by atoms with Crippen molar-refractivity contribution in [3.05, 3.63) is 65.2 Å². The van der Waals surface area contributed by atoms with E-state index in [9.17, 15) is 13.2 Å². The monoisotopic (exact) mass is 317 g/mol. The number of carbonyl (C=O) groups excluding carboxylic acids is 1. The van der Waals surface area contributed by atoms with Gasteiger partial charge in [-0.05, 0) is 30.2 Å². The van der Waals surface area contributed by atoms with Crippen molar-refractivity contribution in [2.24, 2.45) is 0 Å². The topological polar surface area (TPSA) is 63.2 Å². The zero-order valence-corrected chi connectivity index (χ0v) is 13.5. The molecular formula is C17H19NO3S. The molecule has 0 unspecified atom stereocenters. The summed E-state index contributed by atoms with van der Waals surface area (Å²) < 4.78 is 22.7. The fraction of sp³-hybridized carbons (Fsp3) is 0.235. The molecule has 5 heteroatoms. The molecule has 4 nitrogen and oxygen atoms in total. The fourth-order valence-corrected chi connectivity index (χ4v) is 2.64. The summed E-state index contributed by atoms with van der Waals surface area (Å²) in [5.41, 5.74) is 3.00. The first-order valence-corrected chi connectivity index (χ1v) is 8.85. The van der Waals surface area contributed by atoms with Gasteiger partial charge in [-0.25, -0.2) is 8.42 Å². The molecule has 22 heavy (non-hydrogen) atoms.